The van der Waals surface area contributed by atoms with Crippen molar-refractivity contribution in [3.63, 3.8) is 0 Å². The first-order valence-electron chi connectivity index (χ1n) is 10.3. The highest BCUT2D eigenvalue weighted by atomic mass is 32.2. The molecule has 0 bridgehead atoms. The Hall–Kier alpha value is -3.71. The normalized spacial score (nSPS) is 14.6. The number of para-hydroxylation sites is 1. The topological polar surface area (TPSA) is 65.1 Å². The summed E-state index contributed by atoms with van der Waals surface area (Å²) >= 11 is 0.882. The number of rotatable bonds is 7. The van der Waals surface area contributed by atoms with Crippen LogP contribution in [0.3, 0.4) is 0 Å². The van der Waals surface area contributed by atoms with Gasteiger partial charge < -0.3 is 14.2 Å². The van der Waals surface area contributed by atoms with Crippen LogP contribution in [0.1, 0.15) is 16.7 Å². The number of thioether (sulfide) groups is 1. The summed E-state index contributed by atoms with van der Waals surface area (Å²) in [6, 6.07) is 20.5. The third-order valence-electron chi connectivity index (χ3n) is 5.14. The summed E-state index contributed by atoms with van der Waals surface area (Å²) in [5.74, 6) is 1.16. The molecule has 0 atom stereocenters. The number of imide groups is 1. The summed E-state index contributed by atoms with van der Waals surface area (Å²) in [6.07, 6.45) is 1.69. The van der Waals surface area contributed by atoms with E-state index in [0.717, 1.165) is 27.8 Å². The second-order valence-corrected chi connectivity index (χ2v) is 8.36. The summed E-state index contributed by atoms with van der Waals surface area (Å²) in [5.41, 5.74) is 3.32. The number of ether oxygens (including phenoxy) is 3. The highest BCUT2D eigenvalue weighted by Crippen LogP contribution is 2.41. The van der Waals surface area contributed by atoms with E-state index in [4.69, 9.17) is 14.2 Å². The van der Waals surface area contributed by atoms with E-state index in [1.807, 2.05) is 55.5 Å². The number of methoxy groups -OCH3 is 2. The predicted molar refractivity (Wildman–Crippen MR) is 130 cm³/mol. The summed E-state index contributed by atoms with van der Waals surface area (Å²) in [4.78, 5) is 27.3. The van der Waals surface area contributed by atoms with Gasteiger partial charge in [0.25, 0.3) is 11.1 Å². The SMILES string of the molecule is COc1ccc(N2C(=O)S/C(=C\c3ccccc3OCc3ccc(C)cc3)C2=O)c(OC)c1. The molecule has 1 aliphatic heterocycles. The van der Waals surface area contributed by atoms with Crippen molar-refractivity contribution in [1.29, 1.82) is 0 Å². The number of aryl methyl sites for hydroxylation is 1. The molecule has 7 heteroatoms. The van der Waals surface area contributed by atoms with Crippen LogP contribution in [0.15, 0.2) is 71.6 Å². The van der Waals surface area contributed by atoms with E-state index < -0.39 is 11.1 Å². The van der Waals surface area contributed by atoms with Crippen LogP contribution in [-0.2, 0) is 11.4 Å². The lowest BCUT2D eigenvalue weighted by molar-refractivity contribution is -0.113. The fraction of sp³-hybridized carbons (Fsp3) is 0.154. The molecule has 0 unspecified atom stereocenters. The van der Waals surface area contributed by atoms with E-state index in [1.165, 1.54) is 19.8 Å². The standard InChI is InChI=1S/C26H23NO5S/c1-17-8-10-18(11-9-17)16-32-22-7-5-4-6-19(22)14-24-25(28)27(26(29)33-24)21-13-12-20(30-2)15-23(21)31-3/h4-15H,16H2,1-3H3/b24-14-. The molecular weight excluding hydrogens is 438 g/mol. The number of amides is 2. The lowest BCUT2D eigenvalue weighted by Gasteiger charge is -2.17. The van der Waals surface area contributed by atoms with Gasteiger partial charge in [0, 0.05) is 11.6 Å². The minimum Gasteiger partial charge on any atom is -0.497 e. The van der Waals surface area contributed by atoms with Gasteiger partial charge in [-0.2, -0.15) is 0 Å². The van der Waals surface area contributed by atoms with E-state index in [9.17, 15) is 9.59 Å². The Kier molecular flexibility index (Phi) is 6.70. The van der Waals surface area contributed by atoms with Crippen molar-refractivity contribution in [1.82, 2.24) is 0 Å². The molecule has 2 amide bonds. The largest absolute Gasteiger partial charge is 0.497 e. The van der Waals surface area contributed by atoms with Gasteiger partial charge >= 0.3 is 0 Å². The Balaban J connectivity index is 1.59. The number of nitrogens with zero attached hydrogens (tertiary/aromatic N) is 1. The molecule has 1 heterocycles. The van der Waals surface area contributed by atoms with E-state index in [-0.39, 0.29) is 0 Å². The Labute approximate surface area is 196 Å². The lowest BCUT2D eigenvalue weighted by atomic mass is 10.1. The first-order valence-corrected chi connectivity index (χ1v) is 11.1. The quantitative estimate of drug-likeness (QED) is 0.412. The maximum atomic E-state index is 13.2. The zero-order chi connectivity index (χ0) is 23.4. The number of hydrogen-bond donors (Lipinski definition) is 0. The van der Waals surface area contributed by atoms with Crippen molar-refractivity contribution in [2.75, 3.05) is 19.1 Å². The molecule has 3 aromatic rings. The minimum atomic E-state index is -0.415. The molecule has 6 nitrogen and oxygen atoms in total. The molecule has 3 aromatic carbocycles. The van der Waals surface area contributed by atoms with Crippen LogP contribution in [0.4, 0.5) is 10.5 Å². The highest BCUT2D eigenvalue weighted by Gasteiger charge is 2.38. The number of hydrogen-bond acceptors (Lipinski definition) is 6. The summed E-state index contributed by atoms with van der Waals surface area (Å²) in [6.45, 7) is 2.43. The molecule has 1 aliphatic rings. The second-order valence-electron chi connectivity index (χ2n) is 7.37. The first-order chi connectivity index (χ1) is 16.0. The maximum Gasteiger partial charge on any atom is 0.298 e. The Morgan fingerprint density at radius 2 is 1.67 bits per heavy atom. The number of carbonyl (C=O) groups is 2. The van der Waals surface area contributed by atoms with Crippen molar-refractivity contribution in [2.45, 2.75) is 13.5 Å². The van der Waals surface area contributed by atoms with Gasteiger partial charge in [0.15, 0.2) is 0 Å². The van der Waals surface area contributed by atoms with Gasteiger partial charge in [-0.05, 0) is 48.5 Å². The van der Waals surface area contributed by atoms with Crippen LogP contribution in [0, 0.1) is 6.92 Å². The fourth-order valence-electron chi connectivity index (χ4n) is 3.36. The van der Waals surface area contributed by atoms with Gasteiger partial charge in [0.2, 0.25) is 0 Å². The van der Waals surface area contributed by atoms with Crippen LogP contribution in [-0.4, -0.2) is 25.4 Å². The molecular formula is C26H23NO5S. The van der Waals surface area contributed by atoms with E-state index >= 15 is 0 Å². The predicted octanol–water partition coefficient (Wildman–Crippen LogP) is 5.83. The minimum absolute atomic E-state index is 0.309. The fourth-order valence-corrected chi connectivity index (χ4v) is 4.19. The van der Waals surface area contributed by atoms with Gasteiger partial charge in [-0.3, -0.25) is 9.59 Å². The van der Waals surface area contributed by atoms with Crippen molar-refractivity contribution in [3.05, 3.63) is 88.3 Å². The van der Waals surface area contributed by atoms with Crippen LogP contribution in [0.25, 0.3) is 6.08 Å². The molecule has 0 N–H and O–H groups in total. The van der Waals surface area contributed by atoms with Crippen molar-refractivity contribution >= 4 is 34.7 Å². The number of carbonyl (C=O) groups excluding carboxylic acids is 2. The molecule has 0 aromatic heterocycles. The highest BCUT2D eigenvalue weighted by molar-refractivity contribution is 8.19. The zero-order valence-electron chi connectivity index (χ0n) is 18.5. The molecule has 0 aliphatic carbocycles. The second kappa shape index (κ2) is 9.83. The smallest absolute Gasteiger partial charge is 0.298 e. The molecule has 168 valence electrons. The van der Waals surface area contributed by atoms with Gasteiger partial charge in [-0.15, -0.1) is 0 Å². The van der Waals surface area contributed by atoms with Crippen molar-refractivity contribution in [2.24, 2.45) is 0 Å². The van der Waals surface area contributed by atoms with Crippen molar-refractivity contribution in [3.8, 4) is 17.2 Å². The lowest BCUT2D eigenvalue weighted by Crippen LogP contribution is -2.28. The molecule has 1 fully saturated rings. The van der Waals surface area contributed by atoms with Crippen LogP contribution in [0.5, 0.6) is 17.2 Å². The maximum absolute atomic E-state index is 13.2. The average molecular weight is 462 g/mol. The number of benzene rings is 3. The van der Waals surface area contributed by atoms with Gasteiger partial charge in [0.05, 0.1) is 24.8 Å². The van der Waals surface area contributed by atoms with E-state index in [2.05, 4.69) is 0 Å². The molecule has 1 saturated heterocycles. The molecule has 0 spiro atoms. The summed E-state index contributed by atoms with van der Waals surface area (Å²) in [7, 11) is 3.02. The average Bonchev–Trinajstić information content (AvgIpc) is 3.11. The Morgan fingerprint density at radius 1 is 0.909 bits per heavy atom. The summed E-state index contributed by atoms with van der Waals surface area (Å²) < 4.78 is 16.6. The monoisotopic (exact) mass is 461 g/mol. The van der Waals surface area contributed by atoms with Crippen molar-refractivity contribution < 1.29 is 23.8 Å². The summed E-state index contributed by atoms with van der Waals surface area (Å²) in [5, 5.41) is -0.396. The number of anilines is 1. The first kappa shape index (κ1) is 22.5. The van der Waals surface area contributed by atoms with E-state index in [1.54, 1.807) is 24.3 Å². The van der Waals surface area contributed by atoms with Gasteiger partial charge in [0.1, 0.15) is 23.9 Å². The van der Waals surface area contributed by atoms with E-state index in [0.29, 0.717) is 34.4 Å². The van der Waals surface area contributed by atoms with Gasteiger partial charge in [-0.25, -0.2) is 4.90 Å². The molecule has 33 heavy (non-hydrogen) atoms. The van der Waals surface area contributed by atoms with Gasteiger partial charge in [-0.1, -0.05) is 48.0 Å². The molecule has 0 radical (unpaired) electrons. The Bertz CT molecular complexity index is 1220. The van der Waals surface area contributed by atoms with Crippen LogP contribution < -0.4 is 19.1 Å². The molecule has 4 rings (SSSR count). The third-order valence-corrected chi connectivity index (χ3v) is 6.01. The Morgan fingerprint density at radius 3 is 2.39 bits per heavy atom. The zero-order valence-corrected chi connectivity index (χ0v) is 19.3. The third kappa shape index (κ3) is 4.88. The van der Waals surface area contributed by atoms with Crippen LogP contribution >= 0.6 is 11.8 Å². The molecule has 0 saturated carbocycles. The van der Waals surface area contributed by atoms with Crippen LogP contribution in [0.2, 0.25) is 0 Å².